The lowest BCUT2D eigenvalue weighted by Crippen LogP contribution is -2.45. The Labute approximate surface area is 237 Å². The van der Waals surface area contributed by atoms with Crippen LogP contribution >= 0.6 is 0 Å². The molecule has 2 N–H and O–H groups in total. The van der Waals surface area contributed by atoms with Crippen LogP contribution in [0.1, 0.15) is 45.5 Å². The molecule has 2 aromatic carbocycles. The highest BCUT2D eigenvalue weighted by Crippen LogP contribution is 2.28. The fourth-order valence-electron chi connectivity index (χ4n) is 5.37. The van der Waals surface area contributed by atoms with Crippen LogP contribution < -0.4 is 15.5 Å². The average molecular weight is 541 g/mol. The normalized spacial score (nSPS) is 16.2. The number of pyridine rings is 1. The zero-order valence-electron chi connectivity index (χ0n) is 23.7. The van der Waals surface area contributed by atoms with Gasteiger partial charge >= 0.3 is 0 Å². The van der Waals surface area contributed by atoms with Crippen LogP contribution in [-0.4, -0.2) is 86.0 Å². The quantitative estimate of drug-likeness (QED) is 0.395. The lowest BCUT2D eigenvalue weighted by Gasteiger charge is -2.32. The Hall–Kier alpha value is -3.75. The van der Waals surface area contributed by atoms with Crippen molar-refractivity contribution in [1.29, 1.82) is 0 Å². The van der Waals surface area contributed by atoms with E-state index in [4.69, 9.17) is 0 Å². The fourth-order valence-corrected chi connectivity index (χ4v) is 5.37. The second-order valence-corrected chi connectivity index (χ2v) is 10.9. The second-order valence-electron chi connectivity index (χ2n) is 10.9. The first kappa shape index (κ1) is 27.8. The molecule has 2 aliphatic rings. The SMILES string of the molecule is Cc1ccc(NC(=O)c2ccnc(N3CCCC3)c2)cc1-c1ccc(C(=O)NCCCN2CCN(C)CC2)cc1. The standard InChI is InChI=1S/C32H40N6O2/c1-24-6-11-28(35-32(40)27-12-14-33-30(22-27)38-16-3-4-17-38)23-29(24)25-7-9-26(10-8-25)31(39)34-13-5-15-37-20-18-36(2)19-21-37/h6-12,14,22-23H,3-5,13,15-21H2,1-2H3,(H,34,39)(H,35,40). The first-order valence-corrected chi connectivity index (χ1v) is 14.4. The Morgan fingerprint density at radius 1 is 0.850 bits per heavy atom. The molecule has 3 heterocycles. The number of anilines is 2. The molecule has 0 atom stereocenters. The summed E-state index contributed by atoms with van der Waals surface area (Å²) in [5.41, 5.74) is 5.09. The summed E-state index contributed by atoms with van der Waals surface area (Å²) in [4.78, 5) is 37.2. The number of likely N-dealkylation sites (N-methyl/N-ethyl adjacent to an activating group) is 1. The third-order valence-corrected chi connectivity index (χ3v) is 7.92. The Kier molecular flexibility index (Phi) is 9.08. The van der Waals surface area contributed by atoms with Crippen molar-refractivity contribution in [2.75, 3.05) is 69.6 Å². The van der Waals surface area contributed by atoms with Gasteiger partial charge in [-0.15, -0.1) is 0 Å². The van der Waals surface area contributed by atoms with Crippen molar-refractivity contribution in [1.82, 2.24) is 20.1 Å². The van der Waals surface area contributed by atoms with E-state index in [2.05, 4.69) is 37.4 Å². The molecule has 8 nitrogen and oxygen atoms in total. The van der Waals surface area contributed by atoms with Crippen molar-refractivity contribution in [3.63, 3.8) is 0 Å². The molecule has 0 saturated carbocycles. The van der Waals surface area contributed by atoms with Gasteiger partial charge < -0.3 is 25.3 Å². The zero-order chi connectivity index (χ0) is 27.9. The van der Waals surface area contributed by atoms with Crippen molar-refractivity contribution in [3.8, 4) is 11.1 Å². The minimum Gasteiger partial charge on any atom is -0.357 e. The number of carbonyl (C=O) groups is 2. The molecular formula is C32H40N6O2. The minimum absolute atomic E-state index is 0.0479. The molecule has 0 bridgehead atoms. The Balaban J connectivity index is 1.17. The number of aromatic nitrogens is 1. The van der Waals surface area contributed by atoms with Gasteiger partial charge in [-0.25, -0.2) is 4.98 Å². The highest BCUT2D eigenvalue weighted by Gasteiger charge is 2.16. The van der Waals surface area contributed by atoms with Gasteiger partial charge in [0.1, 0.15) is 5.82 Å². The Morgan fingerprint density at radius 2 is 1.60 bits per heavy atom. The minimum atomic E-state index is -0.155. The number of amides is 2. The topological polar surface area (TPSA) is 80.8 Å². The number of hydrogen-bond donors (Lipinski definition) is 2. The predicted octanol–water partition coefficient (Wildman–Crippen LogP) is 4.28. The van der Waals surface area contributed by atoms with Crippen molar-refractivity contribution >= 4 is 23.3 Å². The number of benzene rings is 2. The van der Waals surface area contributed by atoms with Crippen LogP contribution in [0.25, 0.3) is 11.1 Å². The number of nitrogens with zero attached hydrogens (tertiary/aromatic N) is 4. The van der Waals surface area contributed by atoms with E-state index < -0.39 is 0 Å². The molecule has 8 heteroatoms. The van der Waals surface area contributed by atoms with E-state index in [1.807, 2.05) is 55.5 Å². The van der Waals surface area contributed by atoms with E-state index in [0.29, 0.717) is 17.7 Å². The number of aryl methyl sites for hydroxylation is 1. The zero-order valence-corrected chi connectivity index (χ0v) is 23.7. The highest BCUT2D eigenvalue weighted by atomic mass is 16.2. The highest BCUT2D eigenvalue weighted by molar-refractivity contribution is 6.05. The van der Waals surface area contributed by atoms with Crippen LogP contribution in [-0.2, 0) is 0 Å². The van der Waals surface area contributed by atoms with Gasteiger partial charge in [-0.05, 0) is 92.9 Å². The molecule has 0 radical (unpaired) electrons. The summed E-state index contributed by atoms with van der Waals surface area (Å²) >= 11 is 0. The van der Waals surface area contributed by atoms with Crippen LogP contribution in [0.15, 0.2) is 60.8 Å². The van der Waals surface area contributed by atoms with E-state index in [1.165, 1.54) is 0 Å². The maximum absolute atomic E-state index is 13.0. The van der Waals surface area contributed by atoms with Crippen molar-refractivity contribution in [2.45, 2.75) is 26.2 Å². The summed E-state index contributed by atoms with van der Waals surface area (Å²) in [6, 6.07) is 17.2. The number of carbonyl (C=O) groups excluding carboxylic acids is 2. The van der Waals surface area contributed by atoms with E-state index in [0.717, 1.165) is 93.3 Å². The van der Waals surface area contributed by atoms with Gasteiger partial charge in [0.25, 0.3) is 11.8 Å². The summed E-state index contributed by atoms with van der Waals surface area (Å²) in [6.45, 7) is 10.1. The monoisotopic (exact) mass is 540 g/mol. The van der Waals surface area contributed by atoms with Gasteiger partial charge in [0.2, 0.25) is 0 Å². The fraction of sp³-hybridized carbons (Fsp3) is 0.406. The van der Waals surface area contributed by atoms with E-state index >= 15 is 0 Å². The van der Waals surface area contributed by atoms with Crippen molar-refractivity contribution < 1.29 is 9.59 Å². The molecule has 0 spiro atoms. The van der Waals surface area contributed by atoms with Crippen LogP contribution in [0, 0.1) is 6.92 Å². The van der Waals surface area contributed by atoms with Crippen LogP contribution in [0.4, 0.5) is 11.5 Å². The van der Waals surface area contributed by atoms with Gasteiger partial charge in [-0.3, -0.25) is 9.59 Å². The molecular weight excluding hydrogens is 500 g/mol. The van der Waals surface area contributed by atoms with Crippen molar-refractivity contribution in [2.24, 2.45) is 0 Å². The molecule has 2 fully saturated rings. The number of rotatable bonds is 9. The molecule has 0 unspecified atom stereocenters. The molecule has 40 heavy (non-hydrogen) atoms. The first-order valence-electron chi connectivity index (χ1n) is 14.4. The van der Waals surface area contributed by atoms with Gasteiger partial charge in [-0.2, -0.15) is 0 Å². The van der Waals surface area contributed by atoms with Gasteiger partial charge in [0.05, 0.1) is 0 Å². The summed E-state index contributed by atoms with van der Waals surface area (Å²) in [6.07, 6.45) is 4.97. The van der Waals surface area contributed by atoms with Crippen LogP contribution in [0.5, 0.6) is 0 Å². The Bertz CT molecular complexity index is 1310. The number of nitrogens with one attached hydrogen (secondary N) is 2. The number of piperazine rings is 1. The maximum Gasteiger partial charge on any atom is 0.255 e. The lowest BCUT2D eigenvalue weighted by atomic mass is 9.98. The largest absolute Gasteiger partial charge is 0.357 e. The summed E-state index contributed by atoms with van der Waals surface area (Å²) in [5, 5.41) is 6.10. The van der Waals surface area contributed by atoms with Crippen molar-refractivity contribution in [3.05, 3.63) is 77.5 Å². The molecule has 2 aliphatic heterocycles. The van der Waals surface area contributed by atoms with E-state index in [-0.39, 0.29) is 11.8 Å². The molecule has 5 rings (SSSR count). The lowest BCUT2D eigenvalue weighted by molar-refractivity contribution is 0.0948. The average Bonchev–Trinajstić information content (AvgIpc) is 3.53. The predicted molar refractivity (Wildman–Crippen MR) is 161 cm³/mol. The third kappa shape index (κ3) is 7.06. The van der Waals surface area contributed by atoms with Gasteiger partial charge in [0.15, 0.2) is 0 Å². The van der Waals surface area contributed by atoms with Gasteiger partial charge in [-0.1, -0.05) is 18.2 Å². The van der Waals surface area contributed by atoms with Crippen LogP contribution in [0.3, 0.4) is 0 Å². The molecule has 2 saturated heterocycles. The molecule has 2 amide bonds. The Morgan fingerprint density at radius 3 is 2.35 bits per heavy atom. The number of hydrogen-bond acceptors (Lipinski definition) is 6. The first-order chi connectivity index (χ1) is 19.5. The van der Waals surface area contributed by atoms with Crippen LogP contribution in [0.2, 0.25) is 0 Å². The molecule has 1 aromatic heterocycles. The smallest absolute Gasteiger partial charge is 0.255 e. The summed E-state index contributed by atoms with van der Waals surface area (Å²) in [5.74, 6) is 0.652. The summed E-state index contributed by atoms with van der Waals surface area (Å²) < 4.78 is 0. The molecule has 0 aliphatic carbocycles. The molecule has 3 aromatic rings. The third-order valence-electron chi connectivity index (χ3n) is 7.92. The van der Waals surface area contributed by atoms with E-state index in [9.17, 15) is 9.59 Å². The van der Waals surface area contributed by atoms with E-state index in [1.54, 1.807) is 12.3 Å². The van der Waals surface area contributed by atoms with Gasteiger partial charge in [0, 0.05) is 68.8 Å². The molecule has 210 valence electrons. The second kappa shape index (κ2) is 13.1. The summed E-state index contributed by atoms with van der Waals surface area (Å²) in [7, 11) is 2.16. The maximum atomic E-state index is 13.0.